The number of amides is 2. The summed E-state index contributed by atoms with van der Waals surface area (Å²) in [5.41, 5.74) is 3.91. The van der Waals surface area contributed by atoms with Crippen LogP contribution in [0.15, 0.2) is 60.0 Å². The van der Waals surface area contributed by atoms with Gasteiger partial charge in [0.25, 0.3) is 5.91 Å². The summed E-state index contributed by atoms with van der Waals surface area (Å²) in [6.07, 6.45) is 0. The standard InChI is InChI=1S/C22H18ClN5O2S/c1-13-19(20(23)28(27-13)17-6-4-3-5-7-17)21(30)26-22-25-18(12-31-22)15-8-10-16(11-9-15)24-14(2)29/h3-12H,1-2H3,(H,24,29)(H,25,26,30). The number of halogens is 1. The monoisotopic (exact) mass is 451 g/mol. The third-order valence-electron chi connectivity index (χ3n) is 4.46. The number of hydrogen-bond acceptors (Lipinski definition) is 5. The van der Waals surface area contributed by atoms with E-state index in [9.17, 15) is 9.59 Å². The van der Waals surface area contributed by atoms with Gasteiger partial charge in [0.1, 0.15) is 10.7 Å². The number of anilines is 2. The predicted octanol–water partition coefficient (Wildman–Crippen LogP) is 5.17. The van der Waals surface area contributed by atoms with Crippen molar-refractivity contribution in [2.75, 3.05) is 10.6 Å². The first-order chi connectivity index (χ1) is 14.9. The number of benzene rings is 2. The Bertz CT molecular complexity index is 1250. The Morgan fingerprint density at radius 2 is 1.74 bits per heavy atom. The predicted molar refractivity (Wildman–Crippen MR) is 123 cm³/mol. The van der Waals surface area contributed by atoms with Gasteiger partial charge in [0.15, 0.2) is 5.13 Å². The summed E-state index contributed by atoms with van der Waals surface area (Å²) in [5.74, 6) is -0.498. The zero-order chi connectivity index (χ0) is 22.0. The highest BCUT2D eigenvalue weighted by Gasteiger charge is 2.22. The van der Waals surface area contributed by atoms with Gasteiger partial charge >= 0.3 is 0 Å². The van der Waals surface area contributed by atoms with Gasteiger partial charge in [0.2, 0.25) is 5.91 Å². The van der Waals surface area contributed by atoms with Crippen molar-refractivity contribution in [1.82, 2.24) is 14.8 Å². The molecule has 9 heteroatoms. The first kappa shape index (κ1) is 20.8. The number of hydrogen-bond donors (Lipinski definition) is 2. The molecule has 2 heterocycles. The van der Waals surface area contributed by atoms with Gasteiger partial charge in [-0.25, -0.2) is 9.67 Å². The molecule has 7 nitrogen and oxygen atoms in total. The molecule has 156 valence electrons. The lowest BCUT2D eigenvalue weighted by atomic mass is 10.1. The molecule has 31 heavy (non-hydrogen) atoms. The summed E-state index contributed by atoms with van der Waals surface area (Å²) in [6, 6.07) is 16.7. The molecule has 0 unspecified atom stereocenters. The van der Waals surface area contributed by atoms with Gasteiger partial charge in [0, 0.05) is 23.6 Å². The van der Waals surface area contributed by atoms with Crippen LogP contribution in [0.4, 0.5) is 10.8 Å². The number of carbonyl (C=O) groups excluding carboxylic acids is 2. The average Bonchev–Trinajstić information content (AvgIpc) is 3.32. The Kier molecular flexibility index (Phi) is 5.83. The second-order valence-corrected chi connectivity index (χ2v) is 7.97. The normalized spacial score (nSPS) is 10.7. The molecule has 0 radical (unpaired) electrons. The minimum atomic E-state index is -0.369. The maximum absolute atomic E-state index is 12.9. The molecule has 2 aromatic heterocycles. The molecule has 2 amide bonds. The molecule has 0 saturated heterocycles. The summed E-state index contributed by atoms with van der Waals surface area (Å²) in [6.45, 7) is 3.20. The van der Waals surface area contributed by atoms with Crippen molar-refractivity contribution in [3.63, 3.8) is 0 Å². The number of thiazole rings is 1. The Hall–Kier alpha value is -3.49. The van der Waals surface area contributed by atoms with Crippen molar-refractivity contribution in [2.45, 2.75) is 13.8 Å². The number of carbonyl (C=O) groups is 2. The van der Waals surface area contributed by atoms with Crippen LogP contribution in [-0.4, -0.2) is 26.6 Å². The molecule has 4 aromatic rings. The molecular formula is C22H18ClN5O2S. The Morgan fingerprint density at radius 3 is 2.42 bits per heavy atom. The number of aromatic nitrogens is 3. The fourth-order valence-corrected chi connectivity index (χ4v) is 4.12. The molecule has 0 aliphatic rings. The summed E-state index contributed by atoms with van der Waals surface area (Å²) in [5, 5.41) is 12.5. The molecule has 4 rings (SSSR count). The number of nitrogens with zero attached hydrogens (tertiary/aromatic N) is 3. The van der Waals surface area contributed by atoms with E-state index in [0.29, 0.717) is 22.1 Å². The van der Waals surface area contributed by atoms with E-state index in [1.54, 1.807) is 19.1 Å². The van der Waals surface area contributed by atoms with Crippen molar-refractivity contribution in [1.29, 1.82) is 0 Å². The largest absolute Gasteiger partial charge is 0.326 e. The van der Waals surface area contributed by atoms with Gasteiger partial charge in [-0.15, -0.1) is 11.3 Å². The van der Waals surface area contributed by atoms with Crippen LogP contribution in [0.1, 0.15) is 23.0 Å². The van der Waals surface area contributed by atoms with Crippen LogP contribution in [0.2, 0.25) is 5.15 Å². The van der Waals surface area contributed by atoms with E-state index in [1.807, 2.05) is 47.8 Å². The number of nitrogens with one attached hydrogen (secondary N) is 2. The lowest BCUT2D eigenvalue weighted by Gasteiger charge is -2.04. The van der Waals surface area contributed by atoms with Gasteiger partial charge in [-0.3, -0.25) is 14.9 Å². The van der Waals surface area contributed by atoms with Gasteiger partial charge in [-0.1, -0.05) is 41.9 Å². The maximum atomic E-state index is 12.9. The summed E-state index contributed by atoms with van der Waals surface area (Å²) in [7, 11) is 0. The highest BCUT2D eigenvalue weighted by Crippen LogP contribution is 2.28. The van der Waals surface area contributed by atoms with Crippen LogP contribution >= 0.6 is 22.9 Å². The highest BCUT2D eigenvalue weighted by molar-refractivity contribution is 7.14. The molecule has 0 spiro atoms. The average molecular weight is 452 g/mol. The van der Waals surface area contributed by atoms with Crippen molar-refractivity contribution in [3.8, 4) is 16.9 Å². The molecule has 0 bridgehead atoms. The van der Waals surface area contributed by atoms with E-state index in [4.69, 9.17) is 11.6 Å². The molecule has 0 atom stereocenters. The van der Waals surface area contributed by atoms with Crippen LogP contribution in [0.3, 0.4) is 0 Å². The minimum Gasteiger partial charge on any atom is -0.326 e. The van der Waals surface area contributed by atoms with Crippen LogP contribution < -0.4 is 10.6 Å². The molecule has 0 fully saturated rings. The van der Waals surface area contributed by atoms with Crippen molar-refractivity contribution in [2.24, 2.45) is 0 Å². The van der Waals surface area contributed by atoms with E-state index in [-0.39, 0.29) is 17.0 Å². The highest BCUT2D eigenvalue weighted by atomic mass is 35.5. The molecule has 2 N–H and O–H groups in total. The number of aryl methyl sites for hydroxylation is 1. The van der Waals surface area contributed by atoms with E-state index >= 15 is 0 Å². The zero-order valence-electron chi connectivity index (χ0n) is 16.7. The van der Waals surface area contributed by atoms with E-state index < -0.39 is 0 Å². The number of para-hydroxylation sites is 1. The second kappa shape index (κ2) is 8.71. The molecule has 0 aliphatic heterocycles. The third kappa shape index (κ3) is 4.50. The summed E-state index contributed by atoms with van der Waals surface area (Å²) in [4.78, 5) is 28.5. The van der Waals surface area contributed by atoms with Gasteiger partial charge in [-0.2, -0.15) is 5.10 Å². The SMILES string of the molecule is CC(=O)Nc1ccc(-c2csc(NC(=O)c3c(C)nn(-c4ccccc4)c3Cl)n2)cc1. The van der Waals surface area contributed by atoms with Gasteiger partial charge in [0.05, 0.1) is 17.1 Å². The molecule has 0 aliphatic carbocycles. The molecular weight excluding hydrogens is 434 g/mol. The van der Waals surface area contributed by atoms with Crippen LogP contribution in [-0.2, 0) is 4.79 Å². The smallest absolute Gasteiger partial charge is 0.262 e. The van der Waals surface area contributed by atoms with Crippen LogP contribution in [0, 0.1) is 6.92 Å². The summed E-state index contributed by atoms with van der Waals surface area (Å²) < 4.78 is 1.54. The first-order valence-electron chi connectivity index (χ1n) is 9.38. The van der Waals surface area contributed by atoms with Crippen LogP contribution in [0.5, 0.6) is 0 Å². The Balaban J connectivity index is 1.52. The van der Waals surface area contributed by atoms with Crippen LogP contribution in [0.25, 0.3) is 16.9 Å². The lowest BCUT2D eigenvalue weighted by molar-refractivity contribution is -0.114. The molecule has 0 saturated carbocycles. The van der Waals surface area contributed by atoms with Crippen molar-refractivity contribution >= 4 is 45.6 Å². The lowest BCUT2D eigenvalue weighted by Crippen LogP contribution is -2.13. The fraction of sp³-hybridized carbons (Fsp3) is 0.0909. The van der Waals surface area contributed by atoms with E-state index in [0.717, 1.165) is 16.9 Å². The van der Waals surface area contributed by atoms with Crippen molar-refractivity contribution in [3.05, 3.63) is 76.4 Å². The first-order valence-corrected chi connectivity index (χ1v) is 10.6. The van der Waals surface area contributed by atoms with Gasteiger partial charge in [-0.05, 0) is 31.2 Å². The van der Waals surface area contributed by atoms with E-state index in [1.165, 1.54) is 22.9 Å². The Morgan fingerprint density at radius 1 is 1.03 bits per heavy atom. The second-order valence-electron chi connectivity index (χ2n) is 6.75. The van der Waals surface area contributed by atoms with Crippen molar-refractivity contribution < 1.29 is 9.59 Å². The zero-order valence-corrected chi connectivity index (χ0v) is 18.3. The fourth-order valence-electron chi connectivity index (χ4n) is 3.05. The Labute approximate surface area is 187 Å². The van der Waals surface area contributed by atoms with E-state index in [2.05, 4.69) is 20.7 Å². The minimum absolute atomic E-state index is 0.129. The van der Waals surface area contributed by atoms with Gasteiger partial charge < -0.3 is 5.32 Å². The topological polar surface area (TPSA) is 88.9 Å². The summed E-state index contributed by atoms with van der Waals surface area (Å²) >= 11 is 7.78. The quantitative estimate of drug-likeness (QED) is 0.438. The maximum Gasteiger partial charge on any atom is 0.262 e. The number of rotatable bonds is 5. The third-order valence-corrected chi connectivity index (χ3v) is 5.56. The molecule has 2 aromatic carbocycles.